The first-order chi connectivity index (χ1) is 14.6. The standard InChI is InChI=1S/C24H24N2O4/c27-23-21(19-5-1-2-6-20(19)25-23)22-18-8-7-15(12-17(18)14-30-22)9-11-26-10-3-4-16(13-26)24(28)29/h1-2,5-8,12,16H,3-4,9-11,13-14H2,(H,25,27)(H,28,29)/b22-21+. The summed E-state index contributed by atoms with van der Waals surface area (Å²) in [5.74, 6) is -0.408. The van der Waals surface area contributed by atoms with Gasteiger partial charge >= 0.3 is 5.97 Å². The zero-order valence-electron chi connectivity index (χ0n) is 16.7. The van der Waals surface area contributed by atoms with Gasteiger partial charge in [-0.1, -0.05) is 36.4 Å². The molecule has 154 valence electrons. The lowest BCUT2D eigenvalue weighted by molar-refractivity contribution is -0.143. The van der Waals surface area contributed by atoms with E-state index in [1.165, 1.54) is 5.56 Å². The molecule has 2 aromatic carbocycles. The predicted molar refractivity (Wildman–Crippen MR) is 114 cm³/mol. The van der Waals surface area contributed by atoms with Gasteiger partial charge in [-0.05, 0) is 37.4 Å². The second kappa shape index (κ2) is 7.61. The molecule has 6 heteroatoms. The molecule has 6 nitrogen and oxygen atoms in total. The minimum atomic E-state index is -0.688. The fourth-order valence-electron chi connectivity index (χ4n) is 4.67. The van der Waals surface area contributed by atoms with Crippen LogP contribution < -0.4 is 5.32 Å². The van der Waals surface area contributed by atoms with E-state index in [4.69, 9.17) is 4.74 Å². The van der Waals surface area contributed by atoms with Gasteiger partial charge in [-0.3, -0.25) is 9.59 Å². The molecular weight excluding hydrogens is 380 g/mol. The third-order valence-electron chi connectivity index (χ3n) is 6.26. The topological polar surface area (TPSA) is 78.9 Å². The third-order valence-corrected chi connectivity index (χ3v) is 6.26. The Morgan fingerprint density at radius 3 is 2.93 bits per heavy atom. The number of hydrogen-bond acceptors (Lipinski definition) is 4. The minimum Gasteiger partial charge on any atom is -0.487 e. The highest BCUT2D eigenvalue weighted by Crippen LogP contribution is 2.41. The Bertz CT molecular complexity index is 1060. The molecule has 30 heavy (non-hydrogen) atoms. The highest BCUT2D eigenvalue weighted by molar-refractivity contribution is 6.36. The van der Waals surface area contributed by atoms with Crippen LogP contribution in [0.25, 0.3) is 11.3 Å². The van der Waals surface area contributed by atoms with Crippen LogP contribution in [-0.4, -0.2) is 41.5 Å². The number of carbonyl (C=O) groups excluding carboxylic acids is 1. The number of carboxylic acid groups (broad SMARTS) is 1. The number of benzene rings is 2. The molecule has 1 atom stereocenters. The van der Waals surface area contributed by atoms with Gasteiger partial charge in [-0.15, -0.1) is 0 Å². The van der Waals surface area contributed by atoms with E-state index in [1.54, 1.807) is 0 Å². The van der Waals surface area contributed by atoms with Crippen molar-refractivity contribution in [2.45, 2.75) is 25.9 Å². The van der Waals surface area contributed by atoms with Crippen LogP contribution in [-0.2, 0) is 27.4 Å². The number of ether oxygens (including phenoxy) is 1. The van der Waals surface area contributed by atoms with Crippen molar-refractivity contribution in [3.05, 3.63) is 64.7 Å². The van der Waals surface area contributed by atoms with Crippen molar-refractivity contribution in [2.24, 2.45) is 5.92 Å². The molecule has 2 aromatic rings. The van der Waals surface area contributed by atoms with Gasteiger partial charge in [-0.25, -0.2) is 0 Å². The van der Waals surface area contributed by atoms with Crippen molar-refractivity contribution in [2.75, 3.05) is 25.0 Å². The highest BCUT2D eigenvalue weighted by Gasteiger charge is 2.32. The molecule has 1 amide bonds. The molecule has 3 heterocycles. The molecule has 0 spiro atoms. The number of amides is 1. The van der Waals surface area contributed by atoms with Gasteiger partial charge in [0.15, 0.2) is 0 Å². The second-order valence-electron chi connectivity index (χ2n) is 8.21. The van der Waals surface area contributed by atoms with Crippen LogP contribution in [0, 0.1) is 5.92 Å². The number of carbonyl (C=O) groups is 2. The molecule has 0 radical (unpaired) electrons. The summed E-state index contributed by atoms with van der Waals surface area (Å²) in [6.07, 6.45) is 2.58. The first-order valence-corrected chi connectivity index (χ1v) is 10.5. The SMILES string of the molecule is O=C1Nc2ccccc2/C1=C1\OCc2cc(CCN3CCCC(C(=O)O)C3)ccc21. The number of nitrogens with zero attached hydrogens (tertiary/aromatic N) is 1. The van der Waals surface area contributed by atoms with E-state index >= 15 is 0 Å². The van der Waals surface area contributed by atoms with Crippen LogP contribution in [0.3, 0.4) is 0 Å². The summed E-state index contributed by atoms with van der Waals surface area (Å²) in [5.41, 5.74) is 5.58. The van der Waals surface area contributed by atoms with Crippen molar-refractivity contribution in [1.29, 1.82) is 0 Å². The summed E-state index contributed by atoms with van der Waals surface area (Å²) >= 11 is 0. The molecule has 2 N–H and O–H groups in total. The lowest BCUT2D eigenvalue weighted by Gasteiger charge is -2.30. The third kappa shape index (κ3) is 3.37. The van der Waals surface area contributed by atoms with Crippen LogP contribution in [0.1, 0.15) is 35.1 Å². The molecule has 1 fully saturated rings. The van der Waals surface area contributed by atoms with Gasteiger partial charge in [0.2, 0.25) is 0 Å². The molecule has 3 aliphatic heterocycles. The average molecular weight is 404 g/mol. The molecule has 5 rings (SSSR count). The van der Waals surface area contributed by atoms with Crippen LogP contribution in [0.2, 0.25) is 0 Å². The first kappa shape index (κ1) is 18.9. The Hall–Kier alpha value is -3.12. The summed E-state index contributed by atoms with van der Waals surface area (Å²) in [7, 11) is 0. The van der Waals surface area contributed by atoms with Crippen molar-refractivity contribution in [1.82, 2.24) is 4.90 Å². The Labute approximate surface area is 175 Å². The van der Waals surface area contributed by atoms with E-state index in [0.717, 1.165) is 54.7 Å². The van der Waals surface area contributed by atoms with Gasteiger partial charge in [0.05, 0.1) is 11.5 Å². The molecule has 0 saturated carbocycles. The lowest BCUT2D eigenvalue weighted by Crippen LogP contribution is -2.39. The lowest BCUT2D eigenvalue weighted by atomic mass is 9.97. The van der Waals surface area contributed by atoms with Gasteiger partial charge in [0, 0.05) is 35.5 Å². The number of fused-ring (bicyclic) bond motifs is 2. The smallest absolute Gasteiger partial charge is 0.307 e. The van der Waals surface area contributed by atoms with E-state index in [2.05, 4.69) is 22.3 Å². The number of anilines is 1. The molecular formula is C24H24N2O4. The number of rotatable bonds is 4. The van der Waals surface area contributed by atoms with E-state index in [9.17, 15) is 14.7 Å². The summed E-state index contributed by atoms with van der Waals surface area (Å²) in [6, 6.07) is 14.0. The maximum atomic E-state index is 12.6. The second-order valence-corrected chi connectivity index (χ2v) is 8.21. The van der Waals surface area contributed by atoms with Crippen molar-refractivity contribution in [3.8, 4) is 0 Å². The van der Waals surface area contributed by atoms with E-state index < -0.39 is 5.97 Å². The first-order valence-electron chi connectivity index (χ1n) is 10.5. The Morgan fingerprint density at radius 1 is 1.20 bits per heavy atom. The maximum absolute atomic E-state index is 12.6. The van der Waals surface area contributed by atoms with Crippen LogP contribution in [0.5, 0.6) is 0 Å². The Balaban J connectivity index is 1.34. The fraction of sp³-hybridized carbons (Fsp3) is 0.333. The number of piperidine rings is 1. The summed E-state index contributed by atoms with van der Waals surface area (Å²) in [5, 5.41) is 12.2. The number of aliphatic carboxylic acids is 1. The van der Waals surface area contributed by atoms with Crippen LogP contribution in [0.15, 0.2) is 42.5 Å². The zero-order chi connectivity index (χ0) is 20.7. The maximum Gasteiger partial charge on any atom is 0.307 e. The monoisotopic (exact) mass is 404 g/mol. The number of likely N-dealkylation sites (tertiary alicyclic amines) is 1. The Kier molecular flexibility index (Phi) is 4.79. The molecule has 1 unspecified atom stereocenters. The molecule has 0 aromatic heterocycles. The Morgan fingerprint density at radius 2 is 2.07 bits per heavy atom. The number of para-hydroxylation sites is 1. The molecule has 3 aliphatic rings. The largest absolute Gasteiger partial charge is 0.487 e. The summed E-state index contributed by atoms with van der Waals surface area (Å²) in [4.78, 5) is 26.1. The molecule has 0 bridgehead atoms. The van der Waals surface area contributed by atoms with Crippen molar-refractivity contribution >= 4 is 28.9 Å². The van der Waals surface area contributed by atoms with Crippen LogP contribution in [0.4, 0.5) is 5.69 Å². The van der Waals surface area contributed by atoms with Crippen molar-refractivity contribution < 1.29 is 19.4 Å². The number of carboxylic acids is 1. The average Bonchev–Trinajstić information content (AvgIpc) is 3.31. The normalized spacial score (nSPS) is 22.9. The molecule has 1 saturated heterocycles. The quantitative estimate of drug-likeness (QED) is 0.764. The molecule has 0 aliphatic carbocycles. The van der Waals surface area contributed by atoms with Gasteiger partial charge in [0.25, 0.3) is 5.91 Å². The minimum absolute atomic E-state index is 0.124. The van der Waals surface area contributed by atoms with Crippen molar-refractivity contribution in [3.63, 3.8) is 0 Å². The van der Waals surface area contributed by atoms with Crippen LogP contribution >= 0.6 is 0 Å². The van der Waals surface area contributed by atoms with E-state index in [-0.39, 0.29) is 11.8 Å². The summed E-state index contributed by atoms with van der Waals surface area (Å²) in [6.45, 7) is 2.91. The van der Waals surface area contributed by atoms with Gasteiger partial charge in [-0.2, -0.15) is 0 Å². The van der Waals surface area contributed by atoms with Gasteiger partial charge in [0.1, 0.15) is 12.4 Å². The predicted octanol–water partition coefficient (Wildman–Crippen LogP) is 3.38. The number of nitrogens with one attached hydrogen (secondary N) is 1. The van der Waals surface area contributed by atoms with E-state index in [1.807, 2.05) is 30.3 Å². The van der Waals surface area contributed by atoms with Gasteiger partial charge < -0.3 is 20.1 Å². The van der Waals surface area contributed by atoms with E-state index in [0.29, 0.717) is 24.5 Å². The summed E-state index contributed by atoms with van der Waals surface area (Å²) < 4.78 is 5.97. The fourth-order valence-corrected chi connectivity index (χ4v) is 4.67. The highest BCUT2D eigenvalue weighted by atomic mass is 16.5. The zero-order valence-corrected chi connectivity index (χ0v) is 16.7. The number of hydrogen-bond donors (Lipinski definition) is 2.